The zero-order valence-corrected chi connectivity index (χ0v) is 5.04. The van der Waals surface area contributed by atoms with Gasteiger partial charge in [0.25, 0.3) is 0 Å². The Balaban J connectivity index is 2.61. The van der Waals surface area contributed by atoms with Crippen molar-refractivity contribution in [2.45, 2.75) is 5.25 Å². The topological polar surface area (TPSA) is 0 Å². The Hall–Kier alpha value is 0.153. The van der Waals surface area contributed by atoms with Gasteiger partial charge in [0.1, 0.15) is 0 Å². The monoisotopic (exact) mass is 127 g/mol. The van der Waals surface area contributed by atoms with Gasteiger partial charge in [-0.15, -0.1) is 0 Å². The minimum absolute atomic E-state index is 0.403. The molecular formula is C4H5Ge. The molecule has 0 amide bonds. The molecule has 0 saturated heterocycles. The number of allylic oxidation sites excluding steroid dienone is 2. The summed E-state index contributed by atoms with van der Waals surface area (Å²) >= 11 is 0.403. The average Bonchev–Trinajstić information content (AvgIpc) is 1.76. The van der Waals surface area contributed by atoms with Gasteiger partial charge >= 0.3 is 37.2 Å². The van der Waals surface area contributed by atoms with Crippen LogP contribution in [-0.4, -0.2) is 19.8 Å². The van der Waals surface area contributed by atoms with Gasteiger partial charge in [-0.05, 0) is 0 Å². The Morgan fingerprint density at radius 3 is 2.80 bits per heavy atom. The van der Waals surface area contributed by atoms with Crippen molar-refractivity contribution in [2.24, 2.45) is 0 Å². The van der Waals surface area contributed by atoms with Gasteiger partial charge in [0.05, 0.1) is 0 Å². The summed E-state index contributed by atoms with van der Waals surface area (Å²) in [6.45, 7) is 0. The molecule has 1 heteroatoms. The third-order valence-electron chi connectivity index (χ3n) is 0.586. The van der Waals surface area contributed by atoms with Crippen molar-refractivity contribution in [3.63, 3.8) is 0 Å². The van der Waals surface area contributed by atoms with Crippen LogP contribution in [0.3, 0.4) is 0 Å². The fraction of sp³-hybridized carbons (Fsp3) is 0.250. The molecule has 0 aromatic carbocycles. The zero-order chi connectivity index (χ0) is 3.54. The summed E-state index contributed by atoms with van der Waals surface area (Å²) in [6.07, 6.45) is 4.40. The summed E-state index contributed by atoms with van der Waals surface area (Å²) in [5.41, 5.74) is 0. The molecule has 25 valence electrons. The van der Waals surface area contributed by atoms with Crippen molar-refractivity contribution in [3.8, 4) is 0 Å². The summed E-state index contributed by atoms with van der Waals surface area (Å²) in [5.74, 6) is 0. The van der Waals surface area contributed by atoms with Crippen molar-refractivity contribution >= 4 is 19.8 Å². The standard InChI is InChI=1S/C4H5Ge/c1-2-4-5-3-1/h1-3H,4H2. The predicted molar refractivity (Wildman–Crippen MR) is 25.8 cm³/mol. The minimum atomic E-state index is 0.403. The zero-order valence-electron chi connectivity index (χ0n) is 2.94. The second-order valence-corrected chi connectivity index (χ2v) is 3.42. The van der Waals surface area contributed by atoms with Crippen molar-refractivity contribution in [1.82, 2.24) is 0 Å². The van der Waals surface area contributed by atoms with E-state index in [1.807, 2.05) is 0 Å². The summed E-state index contributed by atoms with van der Waals surface area (Å²) in [5, 5.41) is 1.39. The quantitative estimate of drug-likeness (QED) is 0.414. The molecule has 1 aliphatic heterocycles. The second-order valence-electron chi connectivity index (χ2n) is 1.00. The first-order valence-corrected chi connectivity index (χ1v) is 4.41. The first-order chi connectivity index (χ1) is 2.50. The molecular weight excluding hydrogens is 121 g/mol. The summed E-state index contributed by atoms with van der Waals surface area (Å²) in [7, 11) is 0. The Labute approximate surface area is 37.9 Å². The SMILES string of the molecule is C1=C[CH2][Ge]=[CH]1. The molecule has 0 fully saturated rings. The maximum absolute atomic E-state index is 2.31. The summed E-state index contributed by atoms with van der Waals surface area (Å²) in [4.78, 5) is 2.31. The molecule has 0 saturated carbocycles. The summed E-state index contributed by atoms with van der Waals surface area (Å²) in [6, 6.07) is 0. The number of hydrogen-bond acceptors (Lipinski definition) is 0. The van der Waals surface area contributed by atoms with Crippen LogP contribution in [0.4, 0.5) is 0 Å². The molecule has 0 aliphatic carbocycles. The van der Waals surface area contributed by atoms with E-state index in [1.165, 1.54) is 5.25 Å². The fourth-order valence-corrected chi connectivity index (χ4v) is 1.77. The van der Waals surface area contributed by atoms with Gasteiger partial charge < -0.3 is 0 Å². The molecule has 1 aliphatic rings. The molecule has 0 aromatic rings. The van der Waals surface area contributed by atoms with Gasteiger partial charge in [-0.3, -0.25) is 0 Å². The van der Waals surface area contributed by atoms with Gasteiger partial charge in [-0.2, -0.15) is 0 Å². The average molecular weight is 126 g/mol. The molecule has 5 heavy (non-hydrogen) atoms. The van der Waals surface area contributed by atoms with Crippen molar-refractivity contribution in [2.75, 3.05) is 0 Å². The molecule has 1 heterocycles. The van der Waals surface area contributed by atoms with Crippen LogP contribution in [0, 0.1) is 0 Å². The normalized spacial score (nSPS) is 17.6. The second kappa shape index (κ2) is 1.55. The third-order valence-corrected chi connectivity index (χ3v) is 2.47. The predicted octanol–water partition coefficient (Wildman–Crippen LogP) is 0.481. The van der Waals surface area contributed by atoms with E-state index in [4.69, 9.17) is 0 Å². The van der Waals surface area contributed by atoms with E-state index >= 15 is 0 Å². The van der Waals surface area contributed by atoms with E-state index in [0.717, 1.165) is 0 Å². The van der Waals surface area contributed by atoms with Gasteiger partial charge in [-0.1, -0.05) is 0 Å². The molecule has 0 nitrogen and oxygen atoms in total. The maximum atomic E-state index is 2.31. The van der Waals surface area contributed by atoms with Crippen LogP contribution in [0.1, 0.15) is 0 Å². The van der Waals surface area contributed by atoms with Crippen LogP contribution < -0.4 is 0 Å². The summed E-state index contributed by atoms with van der Waals surface area (Å²) < 4.78 is 0. The van der Waals surface area contributed by atoms with E-state index in [9.17, 15) is 0 Å². The van der Waals surface area contributed by atoms with Crippen LogP contribution in [-0.2, 0) is 0 Å². The van der Waals surface area contributed by atoms with Crippen LogP contribution >= 0.6 is 0 Å². The first kappa shape index (κ1) is 3.35. The van der Waals surface area contributed by atoms with Crippen molar-refractivity contribution < 1.29 is 0 Å². The van der Waals surface area contributed by atoms with Gasteiger partial charge in [0, 0.05) is 0 Å². The fourth-order valence-electron chi connectivity index (χ4n) is 0.340. The van der Waals surface area contributed by atoms with Crippen molar-refractivity contribution in [1.29, 1.82) is 0 Å². The van der Waals surface area contributed by atoms with E-state index < -0.39 is 0 Å². The van der Waals surface area contributed by atoms with Gasteiger partial charge in [0.2, 0.25) is 0 Å². The Kier molecular flexibility index (Phi) is 1.04. The van der Waals surface area contributed by atoms with E-state index in [-0.39, 0.29) is 0 Å². The van der Waals surface area contributed by atoms with Crippen LogP contribution in [0.25, 0.3) is 0 Å². The van der Waals surface area contributed by atoms with Crippen LogP contribution in [0.15, 0.2) is 12.2 Å². The third kappa shape index (κ3) is 0.725. The van der Waals surface area contributed by atoms with Gasteiger partial charge in [0.15, 0.2) is 0 Å². The molecule has 1 radical (unpaired) electrons. The Bertz CT molecular complexity index is 61.7. The molecule has 0 bridgehead atoms. The van der Waals surface area contributed by atoms with Crippen molar-refractivity contribution in [3.05, 3.63) is 12.2 Å². The first-order valence-electron chi connectivity index (χ1n) is 1.72. The number of rotatable bonds is 0. The molecule has 0 atom stereocenters. The number of hydrogen-bond donors (Lipinski definition) is 0. The molecule has 0 aromatic heterocycles. The van der Waals surface area contributed by atoms with E-state index in [0.29, 0.717) is 15.0 Å². The molecule has 0 spiro atoms. The van der Waals surface area contributed by atoms with Crippen LogP contribution in [0.5, 0.6) is 0 Å². The molecule has 1 rings (SSSR count). The van der Waals surface area contributed by atoms with E-state index in [2.05, 4.69) is 17.0 Å². The Morgan fingerprint density at radius 2 is 2.60 bits per heavy atom. The Morgan fingerprint density at radius 1 is 1.60 bits per heavy atom. The molecule has 0 N–H and O–H groups in total. The van der Waals surface area contributed by atoms with Crippen LogP contribution in [0.2, 0.25) is 5.25 Å². The van der Waals surface area contributed by atoms with Gasteiger partial charge in [-0.25, -0.2) is 0 Å². The van der Waals surface area contributed by atoms with E-state index in [1.54, 1.807) is 0 Å². The molecule has 0 unspecified atom stereocenters.